The zero-order valence-corrected chi connectivity index (χ0v) is 8.31. The molecule has 3 N–H and O–H groups in total. The standard InChI is InChI=1S/C8H11N3OS/c1-5-3-4-13-7(5)6(2)10-11-8(9)12/h3-4H,1-2H3,(H3,9,11,12)/b10-6-. The van der Waals surface area contributed by atoms with Crippen molar-refractivity contribution in [2.45, 2.75) is 13.8 Å². The molecule has 1 rings (SSSR count). The van der Waals surface area contributed by atoms with Gasteiger partial charge in [0.05, 0.1) is 10.6 Å². The molecule has 1 heterocycles. The number of aryl methyl sites for hydroxylation is 1. The number of hydrogen-bond acceptors (Lipinski definition) is 3. The predicted octanol–water partition coefficient (Wildman–Crippen LogP) is 1.45. The molecule has 0 spiro atoms. The largest absolute Gasteiger partial charge is 0.350 e. The van der Waals surface area contributed by atoms with Gasteiger partial charge in [-0.25, -0.2) is 10.2 Å². The Balaban J connectivity index is 2.78. The average molecular weight is 197 g/mol. The fourth-order valence-corrected chi connectivity index (χ4v) is 1.81. The smallest absolute Gasteiger partial charge is 0.332 e. The summed E-state index contributed by atoms with van der Waals surface area (Å²) in [4.78, 5) is 11.4. The number of carbonyl (C=O) groups is 1. The molecule has 0 unspecified atom stereocenters. The number of nitrogens with two attached hydrogens (primary N) is 1. The van der Waals surface area contributed by atoms with Gasteiger partial charge in [-0.3, -0.25) is 0 Å². The lowest BCUT2D eigenvalue weighted by atomic mass is 10.2. The number of hydrogen-bond donors (Lipinski definition) is 2. The Labute approximate surface area is 80.4 Å². The average Bonchev–Trinajstić information content (AvgIpc) is 2.47. The lowest BCUT2D eigenvalue weighted by Gasteiger charge is -1.98. The van der Waals surface area contributed by atoms with Gasteiger partial charge in [0.2, 0.25) is 0 Å². The summed E-state index contributed by atoms with van der Waals surface area (Å²) in [6.45, 7) is 3.82. The highest BCUT2D eigenvalue weighted by Crippen LogP contribution is 2.15. The van der Waals surface area contributed by atoms with Crippen LogP contribution in [-0.4, -0.2) is 11.7 Å². The molecular weight excluding hydrogens is 186 g/mol. The molecule has 0 fully saturated rings. The van der Waals surface area contributed by atoms with E-state index in [1.807, 2.05) is 25.3 Å². The number of primary amides is 1. The van der Waals surface area contributed by atoms with E-state index < -0.39 is 6.03 Å². The highest BCUT2D eigenvalue weighted by Gasteiger charge is 2.02. The first kappa shape index (κ1) is 9.73. The molecule has 70 valence electrons. The van der Waals surface area contributed by atoms with Crippen LogP contribution in [0.2, 0.25) is 0 Å². The molecule has 0 aliphatic carbocycles. The first-order valence-corrected chi connectivity index (χ1v) is 4.63. The van der Waals surface area contributed by atoms with E-state index in [0.717, 1.165) is 16.2 Å². The van der Waals surface area contributed by atoms with Gasteiger partial charge in [0.25, 0.3) is 0 Å². The van der Waals surface area contributed by atoms with Crippen LogP contribution in [0.25, 0.3) is 0 Å². The molecule has 0 aromatic carbocycles. The highest BCUT2D eigenvalue weighted by molar-refractivity contribution is 7.12. The molecule has 0 saturated carbocycles. The topological polar surface area (TPSA) is 67.5 Å². The summed E-state index contributed by atoms with van der Waals surface area (Å²) in [6, 6.07) is 1.36. The minimum absolute atomic E-state index is 0.645. The Hall–Kier alpha value is -1.36. The zero-order chi connectivity index (χ0) is 9.84. The van der Waals surface area contributed by atoms with E-state index in [4.69, 9.17) is 5.73 Å². The fraction of sp³-hybridized carbons (Fsp3) is 0.250. The lowest BCUT2D eigenvalue weighted by Crippen LogP contribution is -2.25. The number of thiophene rings is 1. The van der Waals surface area contributed by atoms with Gasteiger partial charge in [-0.15, -0.1) is 11.3 Å². The van der Waals surface area contributed by atoms with Gasteiger partial charge in [0.15, 0.2) is 0 Å². The highest BCUT2D eigenvalue weighted by atomic mass is 32.1. The second kappa shape index (κ2) is 4.04. The van der Waals surface area contributed by atoms with E-state index in [2.05, 4.69) is 10.5 Å². The van der Waals surface area contributed by atoms with Crippen molar-refractivity contribution in [1.29, 1.82) is 0 Å². The zero-order valence-electron chi connectivity index (χ0n) is 7.50. The summed E-state index contributed by atoms with van der Waals surface area (Å²) in [5.41, 5.74) is 8.99. The second-order valence-corrected chi connectivity index (χ2v) is 3.52. The first-order chi connectivity index (χ1) is 6.11. The first-order valence-electron chi connectivity index (χ1n) is 3.75. The normalized spacial score (nSPS) is 11.4. The molecule has 1 aromatic heterocycles. The lowest BCUT2D eigenvalue weighted by molar-refractivity contribution is 0.249. The monoisotopic (exact) mass is 197 g/mol. The van der Waals surface area contributed by atoms with Crippen molar-refractivity contribution in [3.8, 4) is 0 Å². The van der Waals surface area contributed by atoms with Gasteiger partial charge < -0.3 is 5.73 Å². The maximum absolute atomic E-state index is 10.4. The quantitative estimate of drug-likeness (QED) is 0.547. The Morgan fingerprint density at radius 3 is 2.85 bits per heavy atom. The number of rotatable bonds is 2. The van der Waals surface area contributed by atoms with E-state index >= 15 is 0 Å². The van der Waals surface area contributed by atoms with Crippen molar-refractivity contribution in [3.05, 3.63) is 21.9 Å². The SMILES string of the molecule is C/C(=N/NC(N)=O)c1sccc1C. The van der Waals surface area contributed by atoms with Gasteiger partial charge in [-0.2, -0.15) is 5.10 Å². The van der Waals surface area contributed by atoms with Crippen LogP contribution in [0.5, 0.6) is 0 Å². The third kappa shape index (κ3) is 2.55. The Morgan fingerprint density at radius 2 is 2.38 bits per heavy atom. The van der Waals surface area contributed by atoms with Gasteiger partial charge in [0, 0.05) is 0 Å². The van der Waals surface area contributed by atoms with E-state index in [1.54, 1.807) is 11.3 Å². The molecule has 0 atom stereocenters. The van der Waals surface area contributed by atoms with Gasteiger partial charge in [-0.05, 0) is 30.9 Å². The molecule has 0 saturated heterocycles. The molecule has 4 nitrogen and oxygen atoms in total. The van der Waals surface area contributed by atoms with Crippen LogP contribution in [0.1, 0.15) is 17.4 Å². The van der Waals surface area contributed by atoms with Crippen molar-refractivity contribution in [3.63, 3.8) is 0 Å². The summed E-state index contributed by atoms with van der Waals surface area (Å²) in [5, 5.41) is 5.81. The van der Waals surface area contributed by atoms with Crippen molar-refractivity contribution < 1.29 is 4.79 Å². The molecule has 0 aliphatic heterocycles. The summed E-state index contributed by atoms with van der Waals surface area (Å²) in [6.07, 6.45) is 0. The molecule has 5 heteroatoms. The fourth-order valence-electron chi connectivity index (χ4n) is 0.933. The predicted molar refractivity (Wildman–Crippen MR) is 54.0 cm³/mol. The molecule has 0 radical (unpaired) electrons. The molecule has 1 aromatic rings. The Kier molecular flexibility index (Phi) is 3.02. The minimum atomic E-state index is -0.645. The summed E-state index contributed by atoms with van der Waals surface area (Å²) < 4.78 is 0. The van der Waals surface area contributed by atoms with E-state index in [9.17, 15) is 4.79 Å². The maximum atomic E-state index is 10.4. The Morgan fingerprint density at radius 1 is 1.69 bits per heavy atom. The molecule has 2 amide bonds. The van der Waals surface area contributed by atoms with Gasteiger partial charge >= 0.3 is 6.03 Å². The van der Waals surface area contributed by atoms with Crippen LogP contribution in [0, 0.1) is 6.92 Å². The number of amides is 2. The van der Waals surface area contributed by atoms with Crippen molar-refractivity contribution >= 4 is 23.1 Å². The molecule has 13 heavy (non-hydrogen) atoms. The van der Waals surface area contributed by atoms with Crippen molar-refractivity contribution in [1.82, 2.24) is 5.43 Å². The maximum Gasteiger partial charge on any atom is 0.332 e. The van der Waals surface area contributed by atoms with Crippen LogP contribution in [-0.2, 0) is 0 Å². The molecule has 0 bridgehead atoms. The molecular formula is C8H11N3OS. The number of nitrogens with zero attached hydrogens (tertiary/aromatic N) is 1. The van der Waals surface area contributed by atoms with Crippen LogP contribution < -0.4 is 11.2 Å². The van der Waals surface area contributed by atoms with Crippen LogP contribution >= 0.6 is 11.3 Å². The van der Waals surface area contributed by atoms with Gasteiger partial charge in [0.1, 0.15) is 0 Å². The van der Waals surface area contributed by atoms with E-state index in [-0.39, 0.29) is 0 Å². The third-order valence-corrected chi connectivity index (χ3v) is 2.65. The summed E-state index contributed by atoms with van der Waals surface area (Å²) in [5.74, 6) is 0. The summed E-state index contributed by atoms with van der Waals surface area (Å²) >= 11 is 1.59. The van der Waals surface area contributed by atoms with Crippen molar-refractivity contribution in [2.75, 3.05) is 0 Å². The third-order valence-electron chi connectivity index (χ3n) is 1.52. The molecule has 0 aliphatic rings. The number of carbonyl (C=O) groups excluding carboxylic acids is 1. The van der Waals surface area contributed by atoms with E-state index in [1.165, 1.54) is 0 Å². The van der Waals surface area contributed by atoms with Crippen molar-refractivity contribution in [2.24, 2.45) is 10.8 Å². The minimum Gasteiger partial charge on any atom is -0.350 e. The second-order valence-electron chi connectivity index (χ2n) is 2.61. The number of urea groups is 1. The Bertz CT molecular complexity index is 343. The summed E-state index contributed by atoms with van der Waals surface area (Å²) in [7, 11) is 0. The number of nitrogens with one attached hydrogen (secondary N) is 1. The van der Waals surface area contributed by atoms with E-state index in [0.29, 0.717) is 0 Å². The van der Waals surface area contributed by atoms with Crippen LogP contribution in [0.4, 0.5) is 4.79 Å². The van der Waals surface area contributed by atoms with Crippen LogP contribution in [0.15, 0.2) is 16.5 Å². The number of hydrazone groups is 1. The van der Waals surface area contributed by atoms with Gasteiger partial charge in [-0.1, -0.05) is 0 Å². The van der Waals surface area contributed by atoms with Crippen LogP contribution in [0.3, 0.4) is 0 Å².